The second-order valence-corrected chi connectivity index (χ2v) is 7.29. The van der Waals surface area contributed by atoms with Crippen LogP contribution in [0.15, 0.2) is 42.6 Å². The molecule has 0 unspecified atom stereocenters. The van der Waals surface area contributed by atoms with Crippen LogP contribution in [-0.4, -0.2) is 40.3 Å². The summed E-state index contributed by atoms with van der Waals surface area (Å²) in [6, 6.07) is 10.6. The van der Waals surface area contributed by atoms with Crippen molar-refractivity contribution in [3.05, 3.63) is 53.9 Å². The van der Waals surface area contributed by atoms with E-state index in [-0.39, 0.29) is 23.6 Å². The van der Waals surface area contributed by atoms with Crippen molar-refractivity contribution in [2.75, 3.05) is 16.8 Å². The van der Waals surface area contributed by atoms with Gasteiger partial charge in [0.15, 0.2) is 0 Å². The Kier molecular flexibility index (Phi) is 5.22. The average molecular weight is 405 g/mol. The summed E-state index contributed by atoms with van der Waals surface area (Å²) in [5, 5.41) is 6.43. The number of amides is 3. The molecule has 2 heterocycles. The van der Waals surface area contributed by atoms with Crippen LogP contribution in [0.4, 0.5) is 11.5 Å². The van der Waals surface area contributed by atoms with Gasteiger partial charge in [-0.15, -0.1) is 0 Å². The number of hydrogen-bond donors (Lipinski definition) is 3. The number of fused-ring (bicyclic) bond motifs is 1. The molecular weight excluding hydrogens is 382 g/mol. The molecule has 154 valence electrons. The largest absolute Gasteiger partial charge is 0.349 e. The third kappa shape index (κ3) is 3.89. The molecule has 1 saturated carbocycles. The monoisotopic (exact) mass is 405 g/mol. The van der Waals surface area contributed by atoms with Crippen molar-refractivity contribution in [3.63, 3.8) is 0 Å². The molecule has 3 aromatic rings. The fourth-order valence-corrected chi connectivity index (χ4v) is 3.43. The molecule has 1 aliphatic carbocycles. The summed E-state index contributed by atoms with van der Waals surface area (Å²) in [5.74, 6) is -0.422. The lowest BCUT2D eigenvalue weighted by Crippen LogP contribution is -2.27. The minimum atomic E-state index is -0.415. The van der Waals surface area contributed by atoms with Gasteiger partial charge in [-0.2, -0.15) is 0 Å². The molecule has 1 fully saturated rings. The highest BCUT2D eigenvalue weighted by molar-refractivity contribution is 6.15. The lowest BCUT2D eigenvalue weighted by atomic mass is 10.1. The van der Waals surface area contributed by atoms with Gasteiger partial charge in [-0.25, -0.2) is 0 Å². The molecular formula is C22H23N5O3. The number of rotatable bonds is 6. The highest BCUT2D eigenvalue weighted by Crippen LogP contribution is 2.31. The summed E-state index contributed by atoms with van der Waals surface area (Å²) >= 11 is 0. The smallest absolute Gasteiger partial charge is 0.275 e. The van der Waals surface area contributed by atoms with Crippen LogP contribution in [0.2, 0.25) is 0 Å². The highest BCUT2D eigenvalue weighted by atomic mass is 16.2. The molecule has 8 nitrogen and oxygen atoms in total. The van der Waals surface area contributed by atoms with Gasteiger partial charge in [-0.3, -0.25) is 19.4 Å². The van der Waals surface area contributed by atoms with E-state index in [0.717, 1.165) is 18.5 Å². The Labute approximate surface area is 173 Å². The number of anilines is 2. The van der Waals surface area contributed by atoms with Gasteiger partial charge < -0.3 is 20.5 Å². The molecule has 30 heavy (non-hydrogen) atoms. The van der Waals surface area contributed by atoms with Crippen LogP contribution in [-0.2, 0) is 4.79 Å². The number of H-pyrrole nitrogens is 1. The Morgan fingerprint density at radius 2 is 1.97 bits per heavy atom. The van der Waals surface area contributed by atoms with Gasteiger partial charge in [-0.1, -0.05) is 6.07 Å². The van der Waals surface area contributed by atoms with E-state index in [1.165, 1.54) is 13.1 Å². The second-order valence-electron chi connectivity index (χ2n) is 7.29. The first-order chi connectivity index (χ1) is 14.5. The molecule has 0 atom stereocenters. The predicted molar refractivity (Wildman–Crippen MR) is 115 cm³/mol. The Morgan fingerprint density at radius 1 is 1.17 bits per heavy atom. The molecule has 2 aromatic heterocycles. The third-order valence-corrected chi connectivity index (χ3v) is 5.07. The molecule has 8 heteroatoms. The quantitative estimate of drug-likeness (QED) is 0.586. The summed E-state index contributed by atoms with van der Waals surface area (Å²) in [6.07, 6.45) is 3.45. The number of carbonyl (C=O) groups excluding carboxylic acids is 3. The first kappa shape index (κ1) is 19.6. The number of carbonyl (C=O) groups is 3. The topological polar surface area (TPSA) is 107 Å². The zero-order valence-electron chi connectivity index (χ0n) is 16.9. The zero-order chi connectivity index (χ0) is 21.3. The van der Waals surface area contributed by atoms with Gasteiger partial charge in [0.05, 0.1) is 5.56 Å². The Bertz CT molecular complexity index is 1120. The molecule has 1 aliphatic rings. The molecule has 0 bridgehead atoms. The lowest BCUT2D eigenvalue weighted by molar-refractivity contribution is -0.116. The van der Waals surface area contributed by atoms with Crippen LogP contribution in [0.25, 0.3) is 10.9 Å². The minimum Gasteiger partial charge on any atom is -0.349 e. The number of hydrogen-bond acceptors (Lipinski definition) is 4. The first-order valence-corrected chi connectivity index (χ1v) is 9.95. The first-order valence-electron chi connectivity index (χ1n) is 9.95. The lowest BCUT2D eigenvalue weighted by Gasteiger charge is -2.18. The van der Waals surface area contributed by atoms with Crippen molar-refractivity contribution in [2.45, 2.75) is 32.7 Å². The van der Waals surface area contributed by atoms with Crippen molar-refractivity contribution in [1.82, 2.24) is 15.3 Å². The van der Waals surface area contributed by atoms with Crippen LogP contribution in [0, 0.1) is 0 Å². The Balaban J connectivity index is 1.75. The van der Waals surface area contributed by atoms with Crippen molar-refractivity contribution >= 4 is 40.1 Å². The van der Waals surface area contributed by atoms with Gasteiger partial charge in [0.1, 0.15) is 11.5 Å². The van der Waals surface area contributed by atoms with E-state index in [1.54, 1.807) is 35.2 Å². The molecule has 0 saturated heterocycles. The Hall–Kier alpha value is -3.68. The van der Waals surface area contributed by atoms with Crippen LogP contribution < -0.4 is 15.5 Å². The molecule has 3 N–H and O–H groups in total. The normalized spacial score (nSPS) is 13.1. The van der Waals surface area contributed by atoms with Crippen molar-refractivity contribution in [1.29, 1.82) is 0 Å². The van der Waals surface area contributed by atoms with Crippen LogP contribution in [0.3, 0.4) is 0 Å². The maximum absolute atomic E-state index is 12.9. The molecule has 0 spiro atoms. The summed E-state index contributed by atoms with van der Waals surface area (Å²) in [6.45, 7) is 3.93. The number of nitrogens with one attached hydrogen (secondary N) is 3. The van der Waals surface area contributed by atoms with E-state index < -0.39 is 5.91 Å². The minimum absolute atomic E-state index is 0.0706. The SMILES string of the molecule is CCN(C(C)=O)c1ccc2c(C(=O)NC3CC3)c(NC(=O)c3ccccn3)[nH]c2c1. The van der Waals surface area contributed by atoms with Gasteiger partial charge in [0, 0.05) is 42.3 Å². The Morgan fingerprint density at radius 3 is 2.60 bits per heavy atom. The highest BCUT2D eigenvalue weighted by Gasteiger charge is 2.28. The molecule has 4 rings (SSSR count). The van der Waals surface area contributed by atoms with Crippen molar-refractivity contribution < 1.29 is 14.4 Å². The van der Waals surface area contributed by atoms with E-state index >= 15 is 0 Å². The third-order valence-electron chi connectivity index (χ3n) is 5.07. The summed E-state index contributed by atoms with van der Waals surface area (Å²) in [7, 11) is 0. The zero-order valence-corrected chi connectivity index (χ0v) is 16.9. The summed E-state index contributed by atoms with van der Waals surface area (Å²) in [5.41, 5.74) is 2.00. The van der Waals surface area contributed by atoms with Crippen molar-refractivity contribution in [2.24, 2.45) is 0 Å². The van der Waals surface area contributed by atoms with Crippen LogP contribution >= 0.6 is 0 Å². The van der Waals surface area contributed by atoms with Gasteiger partial charge in [-0.05, 0) is 50.1 Å². The molecule has 1 aromatic carbocycles. The molecule has 0 aliphatic heterocycles. The molecule has 0 radical (unpaired) electrons. The van der Waals surface area contributed by atoms with E-state index in [2.05, 4.69) is 20.6 Å². The summed E-state index contributed by atoms with van der Waals surface area (Å²) in [4.78, 5) is 46.3. The fraction of sp³-hybridized carbons (Fsp3) is 0.273. The fourth-order valence-electron chi connectivity index (χ4n) is 3.43. The standard InChI is InChI=1S/C22H23N5O3/c1-3-27(13(2)28)15-9-10-16-18(12-15)25-20(19(16)22(30)24-14-7-8-14)26-21(29)17-6-4-5-11-23-17/h4-6,9-12,14,25H,3,7-8H2,1-2H3,(H,24,30)(H,26,29). The van der Waals surface area contributed by atoms with E-state index in [4.69, 9.17) is 0 Å². The number of aromatic amines is 1. The predicted octanol–water partition coefficient (Wildman–Crippen LogP) is 3.08. The second kappa shape index (κ2) is 7.98. The van der Waals surface area contributed by atoms with E-state index in [1.807, 2.05) is 13.0 Å². The number of nitrogens with zero attached hydrogens (tertiary/aromatic N) is 2. The molecule has 3 amide bonds. The maximum Gasteiger partial charge on any atom is 0.275 e. The average Bonchev–Trinajstić information content (AvgIpc) is 3.47. The van der Waals surface area contributed by atoms with Gasteiger partial charge >= 0.3 is 0 Å². The van der Waals surface area contributed by atoms with Crippen molar-refractivity contribution in [3.8, 4) is 0 Å². The number of pyridine rings is 1. The number of aromatic nitrogens is 2. The number of benzene rings is 1. The van der Waals surface area contributed by atoms with E-state index in [9.17, 15) is 14.4 Å². The van der Waals surface area contributed by atoms with Gasteiger partial charge in [0.25, 0.3) is 11.8 Å². The van der Waals surface area contributed by atoms with Crippen LogP contribution in [0.5, 0.6) is 0 Å². The summed E-state index contributed by atoms with van der Waals surface area (Å²) < 4.78 is 0. The maximum atomic E-state index is 12.9. The van der Waals surface area contributed by atoms with Gasteiger partial charge in [0.2, 0.25) is 5.91 Å². The van der Waals surface area contributed by atoms with E-state index in [0.29, 0.717) is 28.8 Å². The van der Waals surface area contributed by atoms with Crippen LogP contribution in [0.1, 0.15) is 47.5 Å².